The van der Waals surface area contributed by atoms with Crippen LogP contribution in [0.3, 0.4) is 0 Å². The molecule has 0 radical (unpaired) electrons. The number of aromatic nitrogens is 1. The minimum absolute atomic E-state index is 0.534. The molecule has 1 heterocycles. The van der Waals surface area contributed by atoms with Gasteiger partial charge in [-0.1, -0.05) is 11.3 Å². The molecule has 0 aromatic carbocycles. The highest BCUT2D eigenvalue weighted by Crippen LogP contribution is 2.17. The molecular weight excluding hydrogens is 136 g/mol. The SMILES string of the molecule is COc1ncc(C#N)s1. The van der Waals surface area contributed by atoms with Crippen LogP contribution in [0.1, 0.15) is 4.88 Å². The van der Waals surface area contributed by atoms with E-state index in [9.17, 15) is 0 Å². The minimum Gasteiger partial charge on any atom is -0.473 e. The average Bonchev–Trinajstić information content (AvgIpc) is 2.34. The molecule has 0 saturated heterocycles. The van der Waals surface area contributed by atoms with E-state index in [2.05, 4.69) is 4.98 Å². The number of nitrogens with zero attached hydrogens (tertiary/aromatic N) is 2. The van der Waals surface area contributed by atoms with E-state index < -0.39 is 0 Å². The maximum Gasteiger partial charge on any atom is 0.274 e. The third-order valence-corrected chi connectivity index (χ3v) is 1.63. The first-order valence-electron chi connectivity index (χ1n) is 2.26. The van der Waals surface area contributed by atoms with Gasteiger partial charge in [-0.2, -0.15) is 5.26 Å². The van der Waals surface area contributed by atoms with E-state index in [1.807, 2.05) is 6.07 Å². The molecule has 0 aliphatic rings. The van der Waals surface area contributed by atoms with Crippen molar-refractivity contribution >= 4 is 11.3 Å². The molecule has 46 valence electrons. The predicted molar refractivity (Wildman–Crippen MR) is 33.4 cm³/mol. The third kappa shape index (κ3) is 1.18. The van der Waals surface area contributed by atoms with Crippen molar-refractivity contribution in [2.45, 2.75) is 0 Å². The van der Waals surface area contributed by atoms with Crippen LogP contribution >= 0.6 is 11.3 Å². The normalized spacial score (nSPS) is 8.44. The molecule has 0 saturated carbocycles. The van der Waals surface area contributed by atoms with E-state index in [4.69, 9.17) is 10.00 Å². The van der Waals surface area contributed by atoms with Crippen LogP contribution in [0.2, 0.25) is 0 Å². The van der Waals surface area contributed by atoms with Crippen LogP contribution in [0.25, 0.3) is 0 Å². The van der Waals surface area contributed by atoms with Gasteiger partial charge in [0.2, 0.25) is 0 Å². The summed E-state index contributed by atoms with van der Waals surface area (Å²) in [4.78, 5) is 4.36. The second-order valence-corrected chi connectivity index (χ2v) is 2.30. The highest BCUT2D eigenvalue weighted by molar-refractivity contribution is 7.13. The molecule has 0 bridgehead atoms. The third-order valence-electron chi connectivity index (χ3n) is 0.769. The topological polar surface area (TPSA) is 45.9 Å². The number of rotatable bonds is 1. The van der Waals surface area contributed by atoms with Gasteiger partial charge in [0.05, 0.1) is 13.3 Å². The summed E-state index contributed by atoms with van der Waals surface area (Å²) in [5.74, 6) is 0. The zero-order chi connectivity index (χ0) is 6.69. The van der Waals surface area contributed by atoms with Crippen LogP contribution in [0.5, 0.6) is 5.19 Å². The Labute approximate surface area is 56.5 Å². The molecule has 0 aliphatic heterocycles. The smallest absolute Gasteiger partial charge is 0.274 e. The molecule has 9 heavy (non-hydrogen) atoms. The van der Waals surface area contributed by atoms with Gasteiger partial charge in [0, 0.05) is 0 Å². The van der Waals surface area contributed by atoms with Gasteiger partial charge in [0.1, 0.15) is 10.9 Å². The first-order valence-corrected chi connectivity index (χ1v) is 3.08. The fourth-order valence-corrected chi connectivity index (χ4v) is 0.932. The highest BCUT2D eigenvalue weighted by atomic mass is 32.1. The summed E-state index contributed by atoms with van der Waals surface area (Å²) in [6.07, 6.45) is 1.49. The first kappa shape index (κ1) is 6.05. The summed E-state index contributed by atoms with van der Waals surface area (Å²) < 4.78 is 4.75. The lowest BCUT2D eigenvalue weighted by Crippen LogP contribution is -1.76. The number of ether oxygens (including phenoxy) is 1. The molecule has 0 fully saturated rings. The van der Waals surface area contributed by atoms with Crippen molar-refractivity contribution in [3.8, 4) is 11.3 Å². The Bertz CT molecular complexity index is 237. The van der Waals surface area contributed by atoms with Gasteiger partial charge in [-0.25, -0.2) is 4.98 Å². The number of thiazole rings is 1. The summed E-state index contributed by atoms with van der Waals surface area (Å²) in [6, 6.07) is 1.96. The fraction of sp³-hybridized carbons (Fsp3) is 0.200. The van der Waals surface area contributed by atoms with Crippen LogP contribution < -0.4 is 4.74 Å². The van der Waals surface area contributed by atoms with Crippen LogP contribution in [0.15, 0.2) is 6.20 Å². The summed E-state index contributed by atoms with van der Waals surface area (Å²) in [5, 5.41) is 8.85. The molecule has 0 spiro atoms. The van der Waals surface area contributed by atoms with Gasteiger partial charge in [-0.3, -0.25) is 0 Å². The van der Waals surface area contributed by atoms with E-state index in [0.29, 0.717) is 10.1 Å². The molecule has 3 nitrogen and oxygen atoms in total. The van der Waals surface area contributed by atoms with E-state index in [1.54, 1.807) is 0 Å². The molecule has 1 rings (SSSR count). The van der Waals surface area contributed by atoms with Crippen molar-refractivity contribution in [3.05, 3.63) is 11.1 Å². The summed E-state index contributed by atoms with van der Waals surface area (Å²) in [7, 11) is 1.53. The van der Waals surface area contributed by atoms with Crippen molar-refractivity contribution in [1.82, 2.24) is 4.98 Å². The number of nitriles is 1. The average molecular weight is 140 g/mol. The molecule has 4 heteroatoms. The van der Waals surface area contributed by atoms with Crippen molar-refractivity contribution in [3.63, 3.8) is 0 Å². The quantitative estimate of drug-likeness (QED) is 0.585. The molecule has 0 unspecified atom stereocenters. The Balaban J connectivity index is 2.90. The summed E-state index contributed by atoms with van der Waals surface area (Å²) in [6.45, 7) is 0. The lowest BCUT2D eigenvalue weighted by molar-refractivity contribution is 0.412. The monoisotopic (exact) mass is 140 g/mol. The van der Waals surface area contributed by atoms with Crippen molar-refractivity contribution in [2.75, 3.05) is 7.11 Å². The van der Waals surface area contributed by atoms with Crippen LogP contribution in [-0.4, -0.2) is 12.1 Å². The second kappa shape index (κ2) is 2.46. The Morgan fingerprint density at radius 2 is 2.67 bits per heavy atom. The van der Waals surface area contributed by atoms with Crippen LogP contribution in [0, 0.1) is 11.3 Å². The van der Waals surface area contributed by atoms with Gasteiger partial charge >= 0.3 is 0 Å². The Hall–Kier alpha value is -1.08. The predicted octanol–water partition coefficient (Wildman–Crippen LogP) is 1.02. The first-order chi connectivity index (χ1) is 4.36. The van der Waals surface area contributed by atoms with E-state index in [-0.39, 0.29) is 0 Å². The maximum atomic E-state index is 8.31. The van der Waals surface area contributed by atoms with Crippen LogP contribution in [-0.2, 0) is 0 Å². The van der Waals surface area contributed by atoms with Gasteiger partial charge in [0.15, 0.2) is 0 Å². The molecule has 0 N–H and O–H groups in total. The summed E-state index contributed by atoms with van der Waals surface area (Å²) in [5.41, 5.74) is 0. The maximum absolute atomic E-state index is 8.31. The van der Waals surface area contributed by atoms with Crippen LogP contribution in [0.4, 0.5) is 0 Å². The lowest BCUT2D eigenvalue weighted by Gasteiger charge is -1.84. The summed E-state index contributed by atoms with van der Waals surface area (Å²) >= 11 is 1.24. The van der Waals surface area contributed by atoms with Gasteiger partial charge in [-0.05, 0) is 0 Å². The lowest BCUT2D eigenvalue weighted by atomic mass is 10.6. The van der Waals surface area contributed by atoms with Gasteiger partial charge in [0.25, 0.3) is 5.19 Å². The second-order valence-electron chi connectivity index (χ2n) is 1.31. The molecule has 1 aromatic rings. The van der Waals surface area contributed by atoms with E-state index >= 15 is 0 Å². The van der Waals surface area contributed by atoms with Crippen molar-refractivity contribution in [2.24, 2.45) is 0 Å². The molecule has 1 aromatic heterocycles. The number of hydrogen-bond acceptors (Lipinski definition) is 4. The number of methoxy groups -OCH3 is 1. The highest BCUT2D eigenvalue weighted by Gasteiger charge is 1.97. The van der Waals surface area contributed by atoms with Gasteiger partial charge < -0.3 is 4.74 Å². The zero-order valence-electron chi connectivity index (χ0n) is 4.79. The Morgan fingerprint density at radius 3 is 3.00 bits per heavy atom. The standard InChI is InChI=1S/C5H4N2OS/c1-8-5-7-3-4(2-6)9-5/h3H,1H3. The molecule has 0 aliphatic carbocycles. The molecule has 0 amide bonds. The van der Waals surface area contributed by atoms with Gasteiger partial charge in [-0.15, -0.1) is 0 Å². The molecule has 0 atom stereocenters. The number of hydrogen-bond donors (Lipinski definition) is 0. The Kier molecular flexibility index (Phi) is 1.66. The van der Waals surface area contributed by atoms with Crippen molar-refractivity contribution in [1.29, 1.82) is 5.26 Å². The van der Waals surface area contributed by atoms with E-state index in [1.165, 1.54) is 24.6 Å². The zero-order valence-corrected chi connectivity index (χ0v) is 5.60. The fourth-order valence-electron chi connectivity index (χ4n) is 0.404. The molecular formula is C5H4N2OS. The van der Waals surface area contributed by atoms with E-state index in [0.717, 1.165) is 0 Å². The largest absolute Gasteiger partial charge is 0.473 e. The minimum atomic E-state index is 0.534. The van der Waals surface area contributed by atoms with Crippen molar-refractivity contribution < 1.29 is 4.74 Å². The Morgan fingerprint density at radius 1 is 1.89 bits per heavy atom.